The maximum absolute atomic E-state index is 12.4. The molecule has 1 aromatic carbocycles. The van der Waals surface area contributed by atoms with Gasteiger partial charge in [0.15, 0.2) is 0 Å². The summed E-state index contributed by atoms with van der Waals surface area (Å²) >= 11 is 3.43. The normalized spacial score (nSPS) is 22.6. The number of Topliss-reactive ketones (excluding diaryl/α,β-unsaturated/α-hetero) is 1. The third-order valence-electron chi connectivity index (χ3n) is 5.31. The van der Waals surface area contributed by atoms with E-state index >= 15 is 0 Å². The Balaban J connectivity index is 1.72. The van der Waals surface area contributed by atoms with Gasteiger partial charge < -0.3 is 9.64 Å². The van der Waals surface area contributed by atoms with Crippen molar-refractivity contribution in [3.63, 3.8) is 0 Å². The molecule has 1 amide bonds. The highest BCUT2D eigenvalue weighted by Gasteiger charge is 2.40. The van der Waals surface area contributed by atoms with Crippen LogP contribution in [0.2, 0.25) is 0 Å². The monoisotopic (exact) mass is 379 g/mol. The van der Waals surface area contributed by atoms with E-state index in [1.54, 1.807) is 0 Å². The van der Waals surface area contributed by atoms with E-state index in [9.17, 15) is 9.59 Å². The van der Waals surface area contributed by atoms with Crippen molar-refractivity contribution in [2.45, 2.75) is 45.1 Å². The zero-order valence-electron chi connectivity index (χ0n) is 13.4. The fourth-order valence-electron chi connectivity index (χ4n) is 3.55. The Kier molecular flexibility index (Phi) is 4.76. The van der Waals surface area contributed by atoms with Crippen molar-refractivity contribution < 1.29 is 14.3 Å². The second kappa shape index (κ2) is 6.63. The fraction of sp³-hybridized carbons (Fsp3) is 0.556. The molecule has 1 saturated carbocycles. The van der Waals surface area contributed by atoms with Crippen LogP contribution in [0.4, 0.5) is 4.79 Å². The summed E-state index contributed by atoms with van der Waals surface area (Å²) in [6, 6.07) is 8.02. The van der Waals surface area contributed by atoms with Crippen LogP contribution in [0, 0.1) is 5.41 Å². The molecule has 2 fully saturated rings. The number of amides is 1. The lowest BCUT2D eigenvalue weighted by Gasteiger charge is -2.34. The lowest BCUT2D eigenvalue weighted by atomic mass is 9.72. The maximum Gasteiger partial charge on any atom is 0.410 e. The van der Waals surface area contributed by atoms with Crippen LogP contribution in [0.15, 0.2) is 28.7 Å². The second-order valence-electron chi connectivity index (χ2n) is 6.76. The van der Waals surface area contributed by atoms with Crippen LogP contribution < -0.4 is 0 Å². The Labute approximate surface area is 145 Å². The lowest BCUT2D eigenvalue weighted by molar-refractivity contribution is -0.123. The molecule has 1 aliphatic heterocycles. The van der Waals surface area contributed by atoms with Crippen LogP contribution in [0.1, 0.15) is 50.6 Å². The molecule has 124 valence electrons. The molecular formula is C18H22BrNO3. The predicted molar refractivity (Wildman–Crippen MR) is 91.1 cm³/mol. The Hall–Kier alpha value is -1.36. The molecule has 1 spiro atoms. The third-order valence-corrected chi connectivity index (χ3v) is 5.84. The van der Waals surface area contributed by atoms with Gasteiger partial charge in [0.1, 0.15) is 5.78 Å². The summed E-state index contributed by atoms with van der Waals surface area (Å²) in [5.74, 6) is 0.339. The Morgan fingerprint density at radius 3 is 2.43 bits per heavy atom. The first-order chi connectivity index (χ1) is 11.0. The van der Waals surface area contributed by atoms with Gasteiger partial charge in [0.25, 0.3) is 0 Å². The van der Waals surface area contributed by atoms with Crippen LogP contribution in [-0.4, -0.2) is 29.9 Å². The number of hydrogen-bond acceptors (Lipinski definition) is 3. The third kappa shape index (κ3) is 3.60. The molecule has 0 unspecified atom stereocenters. The number of halogens is 1. The number of ketones is 1. The first-order valence-electron chi connectivity index (χ1n) is 8.20. The number of rotatable bonds is 2. The van der Waals surface area contributed by atoms with Crippen LogP contribution in [-0.2, 0) is 9.53 Å². The number of carbonyl (C=O) groups excluding carboxylic acids is 2. The minimum Gasteiger partial charge on any atom is -0.449 e. The van der Waals surface area contributed by atoms with E-state index in [0.717, 1.165) is 29.3 Å². The van der Waals surface area contributed by atoms with Gasteiger partial charge in [0.05, 0.1) is 12.6 Å². The van der Waals surface area contributed by atoms with Crippen LogP contribution in [0.5, 0.6) is 0 Å². The molecule has 2 aliphatic rings. The topological polar surface area (TPSA) is 46.6 Å². The van der Waals surface area contributed by atoms with Crippen molar-refractivity contribution in [3.05, 3.63) is 34.3 Å². The zero-order valence-corrected chi connectivity index (χ0v) is 15.0. The minimum absolute atomic E-state index is 0.00223. The largest absolute Gasteiger partial charge is 0.449 e. The van der Waals surface area contributed by atoms with Crippen molar-refractivity contribution in [2.24, 2.45) is 5.41 Å². The van der Waals surface area contributed by atoms with Crippen molar-refractivity contribution >= 4 is 27.8 Å². The molecule has 1 aliphatic carbocycles. The maximum atomic E-state index is 12.4. The molecule has 1 atom stereocenters. The smallest absolute Gasteiger partial charge is 0.410 e. The lowest BCUT2D eigenvalue weighted by Crippen LogP contribution is -2.33. The molecule has 0 N–H and O–H groups in total. The first kappa shape index (κ1) is 16.5. The van der Waals surface area contributed by atoms with Crippen molar-refractivity contribution in [2.75, 3.05) is 13.2 Å². The van der Waals surface area contributed by atoms with E-state index in [1.165, 1.54) is 0 Å². The van der Waals surface area contributed by atoms with Crippen molar-refractivity contribution in [1.29, 1.82) is 0 Å². The van der Waals surface area contributed by atoms with Gasteiger partial charge in [-0.1, -0.05) is 28.1 Å². The van der Waals surface area contributed by atoms with Gasteiger partial charge in [-0.15, -0.1) is 0 Å². The SMILES string of the molecule is C[C@@H](c1ccc(Br)cc1)N1CCC2(CCC(=O)CC2)COC1=O. The fourth-order valence-corrected chi connectivity index (χ4v) is 3.81. The van der Waals surface area contributed by atoms with Crippen LogP contribution in [0.25, 0.3) is 0 Å². The molecule has 4 nitrogen and oxygen atoms in total. The van der Waals surface area contributed by atoms with E-state index in [-0.39, 0.29) is 17.6 Å². The van der Waals surface area contributed by atoms with Gasteiger partial charge in [-0.3, -0.25) is 4.79 Å². The van der Waals surface area contributed by atoms with E-state index < -0.39 is 0 Å². The second-order valence-corrected chi connectivity index (χ2v) is 7.68. The summed E-state index contributed by atoms with van der Waals surface area (Å²) in [6.45, 7) is 3.17. The average Bonchev–Trinajstić information content (AvgIpc) is 2.71. The number of hydrogen-bond donors (Lipinski definition) is 0. The standard InChI is InChI=1S/C18H22BrNO3/c1-13(14-2-4-15(19)5-3-14)20-11-10-18(12-23-17(20)22)8-6-16(21)7-9-18/h2-5,13H,6-12H2,1H3/t13-/m0/s1. The number of carbonyl (C=O) groups is 2. The Bertz CT molecular complexity index is 589. The zero-order chi connectivity index (χ0) is 16.4. The summed E-state index contributed by atoms with van der Waals surface area (Å²) in [5, 5.41) is 0. The Morgan fingerprint density at radius 1 is 1.13 bits per heavy atom. The first-order valence-corrected chi connectivity index (χ1v) is 8.99. The molecule has 0 bridgehead atoms. The number of ether oxygens (including phenoxy) is 1. The van der Waals surface area contributed by atoms with Gasteiger partial charge >= 0.3 is 6.09 Å². The molecule has 1 heterocycles. The molecular weight excluding hydrogens is 358 g/mol. The number of cyclic esters (lactones) is 1. The highest BCUT2D eigenvalue weighted by atomic mass is 79.9. The highest BCUT2D eigenvalue weighted by molar-refractivity contribution is 9.10. The van der Waals surface area contributed by atoms with Gasteiger partial charge in [-0.2, -0.15) is 0 Å². The Morgan fingerprint density at radius 2 is 1.78 bits per heavy atom. The molecule has 3 rings (SSSR count). The molecule has 23 heavy (non-hydrogen) atoms. The molecule has 1 aromatic rings. The summed E-state index contributed by atoms with van der Waals surface area (Å²) in [7, 11) is 0. The van der Waals surface area contributed by atoms with E-state index in [4.69, 9.17) is 4.74 Å². The minimum atomic E-state index is -0.241. The molecule has 0 aromatic heterocycles. The van der Waals surface area contributed by atoms with E-state index in [1.807, 2.05) is 36.1 Å². The van der Waals surface area contributed by atoms with E-state index in [0.29, 0.717) is 31.8 Å². The summed E-state index contributed by atoms with van der Waals surface area (Å²) in [4.78, 5) is 25.7. The van der Waals surface area contributed by atoms with Crippen LogP contribution >= 0.6 is 15.9 Å². The van der Waals surface area contributed by atoms with Gasteiger partial charge in [-0.05, 0) is 43.9 Å². The average molecular weight is 380 g/mol. The highest BCUT2D eigenvalue weighted by Crippen LogP contribution is 2.41. The summed E-state index contributed by atoms with van der Waals surface area (Å²) < 4.78 is 6.60. The van der Waals surface area contributed by atoms with E-state index in [2.05, 4.69) is 15.9 Å². The van der Waals surface area contributed by atoms with Crippen LogP contribution in [0.3, 0.4) is 0 Å². The molecule has 0 radical (unpaired) electrons. The molecule has 5 heteroatoms. The van der Waals surface area contributed by atoms with Gasteiger partial charge in [0.2, 0.25) is 0 Å². The molecule has 1 saturated heterocycles. The van der Waals surface area contributed by atoms with Crippen molar-refractivity contribution in [1.82, 2.24) is 4.90 Å². The predicted octanol–water partition coefficient (Wildman–Crippen LogP) is 4.48. The van der Waals surface area contributed by atoms with Gasteiger partial charge in [-0.25, -0.2) is 4.79 Å². The number of benzene rings is 1. The van der Waals surface area contributed by atoms with Gasteiger partial charge in [0, 0.05) is 29.3 Å². The summed E-state index contributed by atoms with van der Waals surface area (Å²) in [5.41, 5.74) is 1.09. The number of nitrogens with zero attached hydrogens (tertiary/aromatic N) is 1. The summed E-state index contributed by atoms with van der Waals surface area (Å²) in [6.07, 6.45) is 3.61. The quantitative estimate of drug-likeness (QED) is 0.760. The van der Waals surface area contributed by atoms with Crippen molar-refractivity contribution in [3.8, 4) is 0 Å².